The molecule has 0 bridgehead atoms. The van der Waals surface area contributed by atoms with Crippen LogP contribution in [0.3, 0.4) is 0 Å². The number of imide groups is 1. The Morgan fingerprint density at radius 2 is 1.12 bits per heavy atom. The number of rotatable bonds is 50. The van der Waals surface area contributed by atoms with Gasteiger partial charge in [0.05, 0.1) is 129 Å². The van der Waals surface area contributed by atoms with Crippen LogP contribution >= 0.6 is 0 Å². The first kappa shape index (κ1) is 91.5. The lowest BCUT2D eigenvalue weighted by Crippen LogP contribution is -2.55. The topological polar surface area (TPSA) is 413 Å². The molecular weight excluding hydrogens is 1540 g/mol. The molecule has 4 atom stereocenters. The summed E-state index contributed by atoms with van der Waals surface area (Å²) in [6, 6.07) is 26.3. The van der Waals surface area contributed by atoms with Crippen LogP contribution in [-0.2, 0) is 97.2 Å². The molecule has 35 heteroatoms. The van der Waals surface area contributed by atoms with E-state index in [4.69, 9.17) is 52.4 Å². The van der Waals surface area contributed by atoms with E-state index >= 15 is 0 Å². The van der Waals surface area contributed by atoms with Crippen molar-refractivity contribution in [3.63, 3.8) is 0 Å². The minimum atomic E-state index is -1.53. The van der Waals surface area contributed by atoms with Crippen molar-refractivity contribution < 1.29 is 110 Å². The molecule has 0 unspecified atom stereocenters. The van der Waals surface area contributed by atoms with Gasteiger partial charge in [0, 0.05) is 106 Å². The average Bonchev–Trinajstić information content (AvgIpc) is 1.69. The molecule has 642 valence electrons. The second-order valence-electron chi connectivity index (χ2n) is 28.5. The van der Waals surface area contributed by atoms with Gasteiger partial charge in [0.2, 0.25) is 29.5 Å². The number of aliphatic hydroxyl groups is 1. The van der Waals surface area contributed by atoms with Crippen LogP contribution in [0.15, 0.2) is 128 Å². The zero-order valence-corrected chi connectivity index (χ0v) is 68.0. The van der Waals surface area contributed by atoms with Gasteiger partial charge in [0.1, 0.15) is 30.1 Å². The molecule has 9 rings (SSSR count). The number of nitrogens with zero attached hydrogens (tertiary/aromatic N) is 5. The average molecular weight is 1650 g/mol. The maximum atomic E-state index is 14.3. The number of anilines is 5. The molecule has 2 aromatic heterocycles. The Hall–Kier alpha value is -11.4. The number of carbonyl (C=O) groups is 11. The van der Waals surface area contributed by atoms with Gasteiger partial charge in [0.25, 0.3) is 29.5 Å². The van der Waals surface area contributed by atoms with E-state index in [1.165, 1.54) is 38.3 Å². The van der Waals surface area contributed by atoms with Gasteiger partial charge in [-0.2, -0.15) is 0 Å². The van der Waals surface area contributed by atoms with Gasteiger partial charge in [-0.1, -0.05) is 56.3 Å². The van der Waals surface area contributed by atoms with Crippen LogP contribution in [0.1, 0.15) is 115 Å². The van der Waals surface area contributed by atoms with Crippen molar-refractivity contribution in [2.24, 2.45) is 20.0 Å². The molecule has 119 heavy (non-hydrogen) atoms. The number of fused-ring (bicyclic) bond motifs is 2. The third kappa shape index (κ3) is 28.7. The maximum Gasteiger partial charge on any atom is 0.416 e. The fourth-order valence-electron chi connectivity index (χ4n) is 12.8. The lowest BCUT2D eigenvalue weighted by Gasteiger charge is -2.38. The van der Waals surface area contributed by atoms with Crippen LogP contribution < -0.4 is 51.6 Å². The van der Waals surface area contributed by atoms with E-state index in [9.17, 15) is 57.8 Å². The maximum absolute atomic E-state index is 14.3. The van der Waals surface area contributed by atoms with E-state index in [0.717, 1.165) is 20.9 Å². The van der Waals surface area contributed by atoms with Gasteiger partial charge in [0.15, 0.2) is 17.7 Å². The lowest BCUT2D eigenvalue weighted by molar-refractivity contribution is -0.294. The highest BCUT2D eigenvalue weighted by molar-refractivity contribution is 6.13. The molecule has 0 saturated carbocycles. The zero-order chi connectivity index (χ0) is 85.0. The molecule has 0 aliphatic carbocycles. The fourth-order valence-corrected chi connectivity index (χ4v) is 12.8. The van der Waals surface area contributed by atoms with Crippen LogP contribution in [0.2, 0.25) is 0 Å². The number of hydrogen-bond acceptors (Lipinski definition) is 23. The SMILES string of the molecule is COc1cc2c(cc1OCCCC(=O)Nc1cc(C(=O)Nc3ccc(-c4cc(C(=O)Nc5ccccc5)n(C)c4)cc3)n(C)c1)N(C(=O)OCc1ccc(NC(=O)[C@H](C)NC(=O)[C@@H](NC(=O)CCOOCCCCOCCOCCOCCOCCOCCOCCNC(=O)CCN3C(=O)C=CC3=O)C(C)C)cc1)[C@@H](O)[C@@H]1CCCCN1C2=O. The molecule has 8 N–H and O–H groups in total. The minimum Gasteiger partial charge on any atom is -0.493 e. The number of benzene rings is 4. The smallest absolute Gasteiger partial charge is 0.416 e. The van der Waals surface area contributed by atoms with Crippen molar-refractivity contribution >= 4 is 93.6 Å². The molecular formula is C84H108N12O23. The predicted molar refractivity (Wildman–Crippen MR) is 436 cm³/mol. The van der Waals surface area contributed by atoms with Crippen molar-refractivity contribution in [2.75, 3.05) is 152 Å². The fraction of sp³-hybridized carbons (Fsp3) is 0.464. The Bertz CT molecular complexity index is 4380. The summed E-state index contributed by atoms with van der Waals surface area (Å²) in [7, 11) is 4.88. The number of carbonyl (C=O) groups excluding carboxylic acids is 11. The molecule has 1 saturated heterocycles. The summed E-state index contributed by atoms with van der Waals surface area (Å²) in [4.78, 5) is 157. The van der Waals surface area contributed by atoms with Gasteiger partial charge in [-0.25, -0.2) is 19.5 Å². The summed E-state index contributed by atoms with van der Waals surface area (Å²) in [6.45, 7) is 10.3. The molecule has 1 fully saturated rings. The number of aromatic nitrogens is 2. The van der Waals surface area contributed by atoms with Gasteiger partial charge < -0.3 is 99.0 Å². The van der Waals surface area contributed by atoms with Crippen molar-refractivity contribution in [2.45, 2.75) is 110 Å². The normalized spacial score (nSPS) is 14.9. The quantitative estimate of drug-likeness (QED) is 0.00820. The Morgan fingerprint density at radius 3 is 1.76 bits per heavy atom. The van der Waals surface area contributed by atoms with Crippen LogP contribution in [0, 0.1) is 5.92 Å². The number of unbranched alkanes of at least 4 members (excludes halogenated alkanes) is 1. The first-order valence-electron chi connectivity index (χ1n) is 39.8. The number of aliphatic hydroxyl groups excluding tert-OH is 1. The summed E-state index contributed by atoms with van der Waals surface area (Å²) in [5, 5.41) is 31.5. The monoisotopic (exact) mass is 1650 g/mol. The first-order chi connectivity index (χ1) is 57.5. The molecule has 3 aliphatic rings. The van der Waals surface area contributed by atoms with Crippen molar-refractivity contribution in [1.29, 1.82) is 0 Å². The molecule has 3 aliphatic heterocycles. The van der Waals surface area contributed by atoms with Gasteiger partial charge in [-0.15, -0.1) is 0 Å². The predicted octanol–water partition coefficient (Wildman–Crippen LogP) is 7.04. The summed E-state index contributed by atoms with van der Waals surface area (Å²) in [5.74, 6) is -4.21. The van der Waals surface area contributed by atoms with E-state index in [0.29, 0.717) is 158 Å². The lowest BCUT2D eigenvalue weighted by atomic mass is 10.0. The minimum absolute atomic E-state index is 0.00183. The Balaban J connectivity index is 0.613. The number of aryl methyl sites for hydroxylation is 2. The standard InChI is InChI=1S/C84H108N12O23/c1-56(2)77(91-74(99)30-37-119-118-36-13-12-34-110-39-41-112-43-45-114-47-48-115-46-44-113-42-40-111-38-31-85-72(97)29-33-95-75(100)27-28-76(95)101)81(105)86-57(3)78(102)88-62-23-19-58(20-24-62)55-117-84(108)96-67-52-71(70(109-6)51-65(67)82(106)94-32-11-10-17-66(94)83(96)107)116-35-14-18-73(98)87-64-50-69(93(5)54-64)80(104)90-63-25-21-59(22-26-63)60-49-68(92(4)53-60)79(103)89-61-15-8-7-9-16-61/h7-9,15-16,19-28,49-54,56-57,66,77,83,107H,10-14,17-18,29-48,55H2,1-6H3,(H,85,97)(H,86,105)(H,87,98)(H,88,102)(H,89,103)(H,90,104)(H,91,99)/t57-,66-,77-,83-/m0/s1. The Kier molecular flexibility index (Phi) is 36.8. The number of amides is 11. The molecule has 11 amide bonds. The van der Waals surface area contributed by atoms with Gasteiger partial charge in [-0.05, 0) is 117 Å². The van der Waals surface area contributed by atoms with Crippen LogP contribution in [0.25, 0.3) is 11.1 Å². The zero-order valence-electron chi connectivity index (χ0n) is 68.0. The number of para-hydroxylation sites is 1. The van der Waals surface area contributed by atoms with E-state index in [1.807, 2.05) is 48.7 Å². The number of piperidine rings is 1. The summed E-state index contributed by atoms with van der Waals surface area (Å²) < 4.78 is 54.1. The van der Waals surface area contributed by atoms with Crippen LogP contribution in [0.4, 0.5) is 33.2 Å². The Labute approximate surface area is 690 Å². The van der Waals surface area contributed by atoms with Crippen LogP contribution in [-0.4, -0.2) is 239 Å². The van der Waals surface area contributed by atoms with Crippen LogP contribution in [0.5, 0.6) is 11.5 Å². The summed E-state index contributed by atoms with van der Waals surface area (Å²) >= 11 is 0. The van der Waals surface area contributed by atoms with E-state index in [-0.39, 0.29) is 111 Å². The van der Waals surface area contributed by atoms with Gasteiger partial charge in [-0.3, -0.25) is 52.8 Å². The molecule has 4 aromatic carbocycles. The van der Waals surface area contributed by atoms with Crippen molar-refractivity contribution in [3.8, 4) is 22.6 Å². The van der Waals surface area contributed by atoms with E-state index < -0.39 is 71.8 Å². The van der Waals surface area contributed by atoms with Crippen molar-refractivity contribution in [3.05, 3.63) is 150 Å². The second kappa shape index (κ2) is 47.9. The third-order valence-electron chi connectivity index (χ3n) is 19.2. The molecule has 5 heterocycles. The Morgan fingerprint density at radius 1 is 0.529 bits per heavy atom. The van der Waals surface area contributed by atoms with Crippen molar-refractivity contribution in [1.82, 2.24) is 34.9 Å². The van der Waals surface area contributed by atoms with Gasteiger partial charge >= 0.3 is 6.09 Å². The summed E-state index contributed by atoms with van der Waals surface area (Å²) in [5.41, 5.74) is 4.96. The second-order valence-corrected chi connectivity index (χ2v) is 28.5. The number of nitrogens with one attached hydrogen (secondary N) is 7. The highest BCUT2D eigenvalue weighted by atomic mass is 17.2. The number of ether oxygens (including phenoxy) is 9. The first-order valence-corrected chi connectivity index (χ1v) is 39.8. The number of methoxy groups -OCH3 is 1. The largest absolute Gasteiger partial charge is 0.493 e. The van der Waals surface area contributed by atoms with E-state index in [2.05, 4.69) is 37.2 Å². The third-order valence-corrected chi connectivity index (χ3v) is 19.2. The molecule has 6 aromatic rings. The highest BCUT2D eigenvalue weighted by Gasteiger charge is 2.45. The number of hydrogen-bond donors (Lipinski definition) is 8. The van der Waals surface area contributed by atoms with E-state index in [1.54, 1.807) is 96.7 Å². The molecule has 35 nitrogen and oxygen atoms in total. The molecule has 0 radical (unpaired) electrons. The highest BCUT2D eigenvalue weighted by Crippen LogP contribution is 2.41. The summed E-state index contributed by atoms with van der Waals surface area (Å²) in [6.07, 6.45) is 6.60. The molecule has 0 spiro atoms.